The lowest BCUT2D eigenvalue weighted by Gasteiger charge is -2.22. The van der Waals surface area contributed by atoms with Crippen molar-refractivity contribution in [3.8, 4) is 5.75 Å². The fourth-order valence-corrected chi connectivity index (χ4v) is 2.52. The van der Waals surface area contributed by atoms with Crippen molar-refractivity contribution >= 4 is 11.4 Å². The van der Waals surface area contributed by atoms with E-state index in [9.17, 15) is 10.1 Å². The number of nitrogens with zero attached hydrogens (tertiary/aromatic N) is 1. The first-order valence-corrected chi connectivity index (χ1v) is 6.97. The van der Waals surface area contributed by atoms with Gasteiger partial charge >= 0.3 is 0 Å². The van der Waals surface area contributed by atoms with E-state index in [1.165, 1.54) is 18.9 Å². The predicted molar refractivity (Wildman–Crippen MR) is 78.3 cm³/mol. The van der Waals surface area contributed by atoms with Crippen molar-refractivity contribution in [1.82, 2.24) is 5.32 Å². The number of anilines is 1. The van der Waals surface area contributed by atoms with Crippen molar-refractivity contribution in [1.29, 1.82) is 0 Å². The lowest BCUT2D eigenvalue weighted by Crippen LogP contribution is -2.30. The van der Waals surface area contributed by atoms with E-state index >= 15 is 0 Å². The van der Waals surface area contributed by atoms with Crippen LogP contribution in [0.25, 0.3) is 0 Å². The Bertz CT molecular complexity index is 459. The second-order valence-electron chi connectivity index (χ2n) is 5.07. The molecule has 1 unspecified atom stereocenters. The number of nitro groups is 1. The number of ether oxygens (including phenoxy) is 1. The van der Waals surface area contributed by atoms with Gasteiger partial charge in [-0.1, -0.05) is 0 Å². The molecule has 1 aromatic carbocycles. The Morgan fingerprint density at radius 2 is 2.40 bits per heavy atom. The molecule has 1 aliphatic heterocycles. The van der Waals surface area contributed by atoms with Crippen LogP contribution in [0.15, 0.2) is 18.2 Å². The SMILES string of the molecule is COc1ccc([N+](=O)[O-])c(NCCC2CCCNC2)c1. The molecule has 0 aliphatic carbocycles. The third kappa shape index (κ3) is 3.84. The summed E-state index contributed by atoms with van der Waals surface area (Å²) in [4.78, 5) is 10.6. The van der Waals surface area contributed by atoms with E-state index in [2.05, 4.69) is 10.6 Å². The van der Waals surface area contributed by atoms with Gasteiger partial charge in [-0.3, -0.25) is 10.1 Å². The van der Waals surface area contributed by atoms with Gasteiger partial charge in [0.1, 0.15) is 11.4 Å². The predicted octanol–water partition coefficient (Wildman–Crippen LogP) is 2.41. The number of methoxy groups -OCH3 is 1. The monoisotopic (exact) mass is 279 g/mol. The zero-order valence-corrected chi connectivity index (χ0v) is 11.7. The molecule has 0 spiro atoms. The molecule has 1 atom stereocenters. The maximum absolute atomic E-state index is 11.0. The normalized spacial score (nSPS) is 18.6. The van der Waals surface area contributed by atoms with Crippen molar-refractivity contribution < 1.29 is 9.66 Å². The Hall–Kier alpha value is -1.82. The smallest absolute Gasteiger partial charge is 0.292 e. The third-order valence-corrected chi connectivity index (χ3v) is 3.67. The van der Waals surface area contributed by atoms with Crippen LogP contribution in [-0.2, 0) is 0 Å². The average molecular weight is 279 g/mol. The number of piperidine rings is 1. The van der Waals surface area contributed by atoms with Gasteiger partial charge in [0.15, 0.2) is 0 Å². The molecule has 2 rings (SSSR count). The van der Waals surface area contributed by atoms with Crippen LogP contribution in [0.3, 0.4) is 0 Å². The van der Waals surface area contributed by atoms with Gasteiger partial charge in [0.2, 0.25) is 0 Å². The van der Waals surface area contributed by atoms with Crippen LogP contribution in [0.1, 0.15) is 19.3 Å². The molecule has 0 saturated carbocycles. The maximum atomic E-state index is 11.0. The summed E-state index contributed by atoms with van der Waals surface area (Å²) in [5, 5.41) is 17.5. The lowest BCUT2D eigenvalue weighted by atomic mass is 9.96. The van der Waals surface area contributed by atoms with E-state index in [1.807, 2.05) is 0 Å². The molecule has 1 aliphatic rings. The number of nitrogens with one attached hydrogen (secondary N) is 2. The van der Waals surface area contributed by atoms with E-state index < -0.39 is 0 Å². The Morgan fingerprint density at radius 1 is 1.55 bits per heavy atom. The molecule has 0 aromatic heterocycles. The quantitative estimate of drug-likeness (QED) is 0.617. The van der Waals surface area contributed by atoms with Crippen LogP contribution < -0.4 is 15.4 Å². The molecule has 0 bridgehead atoms. The van der Waals surface area contributed by atoms with Crippen LogP contribution >= 0.6 is 0 Å². The summed E-state index contributed by atoms with van der Waals surface area (Å²) in [6, 6.07) is 4.76. The fraction of sp³-hybridized carbons (Fsp3) is 0.571. The Labute approximate surface area is 118 Å². The molecule has 2 N–H and O–H groups in total. The minimum absolute atomic E-state index is 0.0903. The molecule has 1 heterocycles. The molecular formula is C14H21N3O3. The van der Waals surface area contributed by atoms with Crippen molar-refractivity contribution in [2.45, 2.75) is 19.3 Å². The molecular weight excluding hydrogens is 258 g/mol. The van der Waals surface area contributed by atoms with Gasteiger partial charge in [0.05, 0.1) is 12.0 Å². The number of hydrogen-bond acceptors (Lipinski definition) is 5. The zero-order chi connectivity index (χ0) is 14.4. The Kier molecular flexibility index (Phi) is 5.17. The van der Waals surface area contributed by atoms with Crippen LogP contribution in [0.4, 0.5) is 11.4 Å². The van der Waals surface area contributed by atoms with Crippen molar-refractivity contribution in [2.24, 2.45) is 5.92 Å². The number of hydrogen-bond donors (Lipinski definition) is 2. The molecule has 110 valence electrons. The summed E-state index contributed by atoms with van der Waals surface area (Å²) in [5.74, 6) is 1.28. The Balaban J connectivity index is 1.94. The minimum Gasteiger partial charge on any atom is -0.497 e. The van der Waals surface area contributed by atoms with Gasteiger partial charge in [0, 0.05) is 18.7 Å². The molecule has 20 heavy (non-hydrogen) atoms. The van der Waals surface area contributed by atoms with Crippen LogP contribution in [0, 0.1) is 16.0 Å². The highest BCUT2D eigenvalue weighted by atomic mass is 16.6. The van der Waals surface area contributed by atoms with Gasteiger partial charge in [-0.2, -0.15) is 0 Å². The molecule has 1 fully saturated rings. The highest BCUT2D eigenvalue weighted by molar-refractivity contribution is 5.64. The summed E-state index contributed by atoms with van der Waals surface area (Å²) in [6.07, 6.45) is 3.46. The van der Waals surface area contributed by atoms with Gasteiger partial charge in [-0.05, 0) is 44.3 Å². The molecule has 0 radical (unpaired) electrons. The lowest BCUT2D eigenvalue weighted by molar-refractivity contribution is -0.384. The summed E-state index contributed by atoms with van der Waals surface area (Å²) < 4.78 is 5.11. The van der Waals surface area contributed by atoms with Crippen LogP contribution in [-0.4, -0.2) is 31.7 Å². The van der Waals surface area contributed by atoms with E-state index in [0.717, 1.165) is 26.1 Å². The summed E-state index contributed by atoms with van der Waals surface area (Å²) in [6.45, 7) is 2.88. The van der Waals surface area contributed by atoms with E-state index in [1.54, 1.807) is 19.2 Å². The molecule has 1 saturated heterocycles. The third-order valence-electron chi connectivity index (χ3n) is 3.67. The number of benzene rings is 1. The highest BCUT2D eigenvalue weighted by Crippen LogP contribution is 2.29. The summed E-state index contributed by atoms with van der Waals surface area (Å²) >= 11 is 0. The molecule has 1 aromatic rings. The number of rotatable bonds is 6. The standard InChI is InChI=1S/C14H21N3O3/c1-20-12-4-5-14(17(18)19)13(9-12)16-8-6-11-3-2-7-15-10-11/h4-5,9,11,15-16H,2-3,6-8,10H2,1H3. The van der Waals surface area contributed by atoms with Crippen molar-refractivity contribution in [3.63, 3.8) is 0 Å². The largest absolute Gasteiger partial charge is 0.497 e. The second-order valence-corrected chi connectivity index (χ2v) is 5.07. The minimum atomic E-state index is -0.371. The summed E-state index contributed by atoms with van der Waals surface area (Å²) in [7, 11) is 1.55. The van der Waals surface area contributed by atoms with Crippen molar-refractivity contribution in [2.75, 3.05) is 32.1 Å². The van der Waals surface area contributed by atoms with E-state index in [0.29, 0.717) is 17.4 Å². The molecule has 6 nitrogen and oxygen atoms in total. The van der Waals surface area contributed by atoms with Gasteiger partial charge in [-0.25, -0.2) is 0 Å². The summed E-state index contributed by atoms with van der Waals surface area (Å²) in [5.41, 5.74) is 0.616. The van der Waals surface area contributed by atoms with E-state index in [4.69, 9.17) is 4.74 Å². The van der Waals surface area contributed by atoms with Gasteiger partial charge < -0.3 is 15.4 Å². The van der Waals surface area contributed by atoms with Gasteiger partial charge in [0.25, 0.3) is 5.69 Å². The molecule has 0 amide bonds. The molecule has 6 heteroatoms. The van der Waals surface area contributed by atoms with Crippen LogP contribution in [0.5, 0.6) is 5.75 Å². The first-order chi connectivity index (χ1) is 9.70. The Morgan fingerprint density at radius 3 is 3.05 bits per heavy atom. The first kappa shape index (κ1) is 14.6. The number of nitro benzene ring substituents is 1. The average Bonchev–Trinajstić information content (AvgIpc) is 2.48. The maximum Gasteiger partial charge on any atom is 0.292 e. The van der Waals surface area contributed by atoms with Crippen LogP contribution in [0.2, 0.25) is 0 Å². The van der Waals surface area contributed by atoms with Crippen molar-refractivity contribution in [3.05, 3.63) is 28.3 Å². The zero-order valence-electron chi connectivity index (χ0n) is 11.7. The fourth-order valence-electron chi connectivity index (χ4n) is 2.52. The van der Waals surface area contributed by atoms with Gasteiger partial charge in [-0.15, -0.1) is 0 Å². The highest BCUT2D eigenvalue weighted by Gasteiger charge is 2.16. The topological polar surface area (TPSA) is 76.4 Å². The second kappa shape index (κ2) is 7.09. The first-order valence-electron chi connectivity index (χ1n) is 6.97. The van der Waals surface area contributed by atoms with E-state index in [-0.39, 0.29) is 10.6 Å².